The number of para-hydroxylation sites is 1. The van der Waals surface area contributed by atoms with E-state index in [4.69, 9.17) is 8.83 Å². The molecular weight excluding hydrogens is 374 g/mol. The van der Waals surface area contributed by atoms with Crippen LogP contribution in [0.3, 0.4) is 0 Å². The number of benzene rings is 1. The fourth-order valence-corrected chi connectivity index (χ4v) is 4.40. The van der Waals surface area contributed by atoms with Crippen LogP contribution in [0.4, 0.5) is 5.69 Å². The van der Waals surface area contributed by atoms with Crippen molar-refractivity contribution in [1.29, 1.82) is 0 Å². The van der Waals surface area contributed by atoms with E-state index >= 15 is 0 Å². The van der Waals surface area contributed by atoms with Gasteiger partial charge in [0.2, 0.25) is 5.91 Å². The van der Waals surface area contributed by atoms with Gasteiger partial charge in [0.05, 0.1) is 17.1 Å². The molecular formula is C21H23N3O3S. The normalized spacial score (nSPS) is 14.9. The van der Waals surface area contributed by atoms with E-state index in [0.29, 0.717) is 11.1 Å². The lowest BCUT2D eigenvalue weighted by Gasteiger charge is -2.32. The number of anilines is 1. The zero-order valence-electron chi connectivity index (χ0n) is 16.2. The molecule has 4 rings (SSSR count). The monoisotopic (exact) mass is 397 g/mol. The van der Waals surface area contributed by atoms with Crippen LogP contribution >= 0.6 is 11.8 Å². The number of aromatic nitrogens is 2. The number of furan rings is 1. The molecule has 1 atom stereocenters. The summed E-state index contributed by atoms with van der Waals surface area (Å²) in [5.41, 5.74) is 3.02. The summed E-state index contributed by atoms with van der Waals surface area (Å²) in [7, 11) is 0. The van der Waals surface area contributed by atoms with E-state index in [1.54, 1.807) is 12.3 Å². The summed E-state index contributed by atoms with van der Waals surface area (Å²) in [4.78, 5) is 15.3. The second-order valence-electron chi connectivity index (χ2n) is 7.27. The molecule has 0 aliphatic carbocycles. The number of fused-ring (bicyclic) bond motifs is 1. The Morgan fingerprint density at radius 3 is 2.79 bits per heavy atom. The number of hydrogen-bond acceptors (Lipinski definition) is 6. The summed E-state index contributed by atoms with van der Waals surface area (Å²) < 4.78 is 11.1. The molecule has 7 heteroatoms. The Hall–Kier alpha value is -2.54. The van der Waals surface area contributed by atoms with E-state index in [0.717, 1.165) is 36.4 Å². The molecule has 1 unspecified atom stereocenters. The predicted octanol–water partition coefficient (Wildman–Crippen LogP) is 4.73. The third kappa shape index (κ3) is 3.58. The maximum absolute atomic E-state index is 13.4. The standard InChI is InChI=1S/C21H23N3O3S/c1-13(2)18(20(25)24-11-6-8-15-7-4-5-9-17(15)24)28-21-23-22-19(27-21)16-10-12-26-14(16)3/h4-5,7,9-10,12-13,18H,6,8,11H2,1-3H3. The fraction of sp³-hybridized carbons (Fsp3) is 0.381. The maximum Gasteiger partial charge on any atom is 0.277 e. The molecule has 1 aliphatic heterocycles. The van der Waals surface area contributed by atoms with Gasteiger partial charge in [0.15, 0.2) is 0 Å². The van der Waals surface area contributed by atoms with Gasteiger partial charge < -0.3 is 13.7 Å². The Balaban J connectivity index is 1.56. The second kappa shape index (κ2) is 7.83. The summed E-state index contributed by atoms with van der Waals surface area (Å²) >= 11 is 1.34. The zero-order valence-corrected chi connectivity index (χ0v) is 17.0. The van der Waals surface area contributed by atoms with Crippen molar-refractivity contribution < 1.29 is 13.6 Å². The molecule has 6 nitrogen and oxygen atoms in total. The van der Waals surface area contributed by atoms with E-state index in [-0.39, 0.29) is 17.1 Å². The lowest BCUT2D eigenvalue weighted by atomic mass is 10.0. The third-order valence-electron chi connectivity index (χ3n) is 4.95. The van der Waals surface area contributed by atoms with Gasteiger partial charge in [0.1, 0.15) is 5.76 Å². The average Bonchev–Trinajstić information content (AvgIpc) is 3.33. The van der Waals surface area contributed by atoms with E-state index in [1.165, 1.54) is 17.3 Å². The molecule has 3 aromatic rings. The molecule has 146 valence electrons. The van der Waals surface area contributed by atoms with E-state index in [2.05, 4.69) is 16.3 Å². The third-order valence-corrected chi connectivity index (χ3v) is 6.32. The first kappa shape index (κ1) is 18.8. The molecule has 0 bridgehead atoms. The van der Waals surface area contributed by atoms with Crippen LogP contribution in [0, 0.1) is 12.8 Å². The summed E-state index contributed by atoms with van der Waals surface area (Å²) in [5, 5.41) is 8.35. The van der Waals surface area contributed by atoms with Crippen LogP contribution in [0.1, 0.15) is 31.6 Å². The van der Waals surface area contributed by atoms with Crippen molar-refractivity contribution in [3.8, 4) is 11.5 Å². The molecule has 0 spiro atoms. The van der Waals surface area contributed by atoms with E-state index in [1.807, 2.05) is 43.9 Å². The first-order valence-corrected chi connectivity index (χ1v) is 10.4. The second-order valence-corrected chi connectivity index (χ2v) is 8.36. The van der Waals surface area contributed by atoms with Gasteiger partial charge in [-0.1, -0.05) is 43.8 Å². The molecule has 1 aliphatic rings. The van der Waals surface area contributed by atoms with Crippen molar-refractivity contribution >= 4 is 23.4 Å². The molecule has 1 amide bonds. The number of aryl methyl sites for hydroxylation is 2. The highest BCUT2D eigenvalue weighted by Gasteiger charge is 2.33. The van der Waals surface area contributed by atoms with Gasteiger partial charge in [-0.3, -0.25) is 4.79 Å². The minimum Gasteiger partial charge on any atom is -0.469 e. The molecule has 0 radical (unpaired) electrons. The molecule has 28 heavy (non-hydrogen) atoms. The van der Waals surface area contributed by atoms with Crippen molar-refractivity contribution in [1.82, 2.24) is 10.2 Å². The molecule has 0 saturated carbocycles. The van der Waals surface area contributed by atoms with Crippen LogP contribution in [0.5, 0.6) is 0 Å². The molecule has 0 N–H and O–H groups in total. The van der Waals surface area contributed by atoms with Gasteiger partial charge in [-0.2, -0.15) is 0 Å². The number of amides is 1. The van der Waals surface area contributed by atoms with Crippen LogP contribution in [0.15, 0.2) is 50.7 Å². The summed E-state index contributed by atoms with van der Waals surface area (Å²) in [6.07, 6.45) is 3.58. The van der Waals surface area contributed by atoms with Gasteiger partial charge in [-0.15, -0.1) is 10.2 Å². The lowest BCUT2D eigenvalue weighted by Crippen LogP contribution is -2.42. The highest BCUT2D eigenvalue weighted by atomic mass is 32.2. The number of carbonyl (C=O) groups is 1. The highest BCUT2D eigenvalue weighted by Crippen LogP contribution is 2.34. The average molecular weight is 398 g/mol. The van der Waals surface area contributed by atoms with Crippen molar-refractivity contribution in [3.05, 3.63) is 47.9 Å². The van der Waals surface area contributed by atoms with Crippen molar-refractivity contribution in [2.75, 3.05) is 11.4 Å². The van der Waals surface area contributed by atoms with Gasteiger partial charge in [0, 0.05) is 12.2 Å². The van der Waals surface area contributed by atoms with Gasteiger partial charge in [-0.05, 0) is 43.4 Å². The van der Waals surface area contributed by atoms with E-state index in [9.17, 15) is 4.79 Å². The minimum absolute atomic E-state index is 0.0893. The molecule has 3 heterocycles. The zero-order chi connectivity index (χ0) is 19.7. The van der Waals surface area contributed by atoms with Crippen LogP contribution in [-0.2, 0) is 11.2 Å². The smallest absolute Gasteiger partial charge is 0.277 e. The van der Waals surface area contributed by atoms with Crippen LogP contribution in [0.2, 0.25) is 0 Å². The Bertz CT molecular complexity index is 979. The van der Waals surface area contributed by atoms with Crippen LogP contribution in [-0.4, -0.2) is 27.9 Å². The highest BCUT2D eigenvalue weighted by molar-refractivity contribution is 8.00. The van der Waals surface area contributed by atoms with Gasteiger partial charge >= 0.3 is 0 Å². The largest absolute Gasteiger partial charge is 0.469 e. The number of hydrogen-bond donors (Lipinski definition) is 0. The quantitative estimate of drug-likeness (QED) is 0.579. The number of carbonyl (C=O) groups excluding carboxylic acids is 1. The SMILES string of the molecule is Cc1occc1-c1nnc(SC(C(=O)N2CCCc3ccccc32)C(C)C)o1. The predicted molar refractivity (Wildman–Crippen MR) is 108 cm³/mol. The number of rotatable bonds is 5. The number of thioether (sulfide) groups is 1. The van der Waals surface area contributed by atoms with E-state index < -0.39 is 0 Å². The van der Waals surface area contributed by atoms with Crippen LogP contribution in [0.25, 0.3) is 11.5 Å². The number of nitrogens with zero attached hydrogens (tertiary/aromatic N) is 3. The summed E-state index contributed by atoms with van der Waals surface area (Å²) in [5.74, 6) is 1.35. The fourth-order valence-electron chi connectivity index (χ4n) is 3.47. The maximum atomic E-state index is 13.4. The van der Waals surface area contributed by atoms with Crippen molar-refractivity contribution in [2.24, 2.45) is 5.92 Å². The Kier molecular flexibility index (Phi) is 5.26. The van der Waals surface area contributed by atoms with Gasteiger partial charge in [-0.25, -0.2) is 0 Å². The molecule has 0 saturated heterocycles. The molecule has 1 aromatic carbocycles. The topological polar surface area (TPSA) is 72.4 Å². The van der Waals surface area contributed by atoms with Gasteiger partial charge in [0.25, 0.3) is 11.1 Å². The Morgan fingerprint density at radius 1 is 1.21 bits per heavy atom. The summed E-state index contributed by atoms with van der Waals surface area (Å²) in [6.45, 7) is 6.68. The summed E-state index contributed by atoms with van der Waals surface area (Å²) in [6, 6.07) is 9.94. The van der Waals surface area contributed by atoms with Crippen LogP contribution < -0.4 is 4.90 Å². The first-order valence-electron chi connectivity index (χ1n) is 9.48. The van der Waals surface area contributed by atoms with Crippen molar-refractivity contribution in [2.45, 2.75) is 44.1 Å². The molecule has 0 fully saturated rings. The molecule has 2 aromatic heterocycles. The van der Waals surface area contributed by atoms with Crippen molar-refractivity contribution in [3.63, 3.8) is 0 Å². The lowest BCUT2D eigenvalue weighted by molar-refractivity contribution is -0.118. The Labute approximate surface area is 168 Å². The first-order chi connectivity index (χ1) is 13.5. The minimum atomic E-state index is -0.301. The Morgan fingerprint density at radius 2 is 2.04 bits per heavy atom.